The number of unbranched alkanes of at least 4 members (excludes halogenated alkanes) is 30. The Bertz CT molecular complexity index is 926. The Labute approximate surface area is 379 Å². The molecule has 0 aromatic carbocycles. The minimum absolute atomic E-state index is 0.151. The zero-order valence-electron chi connectivity index (χ0n) is 41.6. The third kappa shape index (κ3) is 43.4. The van der Waals surface area contributed by atoms with E-state index in [4.69, 9.17) is 14.2 Å². The van der Waals surface area contributed by atoms with Gasteiger partial charge >= 0.3 is 17.9 Å². The van der Waals surface area contributed by atoms with E-state index in [0.29, 0.717) is 6.42 Å². The summed E-state index contributed by atoms with van der Waals surface area (Å²) in [6, 6.07) is 0. The fourth-order valence-corrected chi connectivity index (χ4v) is 8.19. The number of esters is 3. The van der Waals surface area contributed by atoms with Crippen molar-refractivity contribution in [3.63, 3.8) is 0 Å². The van der Waals surface area contributed by atoms with E-state index < -0.39 is 36.4 Å². The van der Waals surface area contributed by atoms with Gasteiger partial charge in [-0.2, -0.15) is 0 Å². The van der Waals surface area contributed by atoms with Crippen molar-refractivity contribution in [3.05, 3.63) is 0 Å². The summed E-state index contributed by atoms with van der Waals surface area (Å²) in [6.07, 6.45) is 42.3. The Balaban J connectivity index is 4.48. The van der Waals surface area contributed by atoms with Crippen LogP contribution in [0, 0.1) is 17.8 Å². The molecule has 0 atom stereocenters. The monoisotopic (exact) mass is 865 g/mol. The number of hydrogen-bond acceptors (Lipinski definition) is 7. The maximum atomic E-state index is 13.2. The second-order valence-electron chi connectivity index (χ2n) is 20.2. The first kappa shape index (κ1) is 59.4. The first-order chi connectivity index (χ1) is 29.5. The molecule has 0 saturated heterocycles. The van der Waals surface area contributed by atoms with Crippen LogP contribution < -0.4 is 0 Å². The molecular weight excluding hydrogens is 761 g/mol. The second-order valence-corrected chi connectivity index (χ2v) is 20.2. The summed E-state index contributed by atoms with van der Waals surface area (Å²) in [5, 5.41) is 11.4. The molecule has 0 aliphatic rings. The highest BCUT2D eigenvalue weighted by Crippen LogP contribution is 2.22. The van der Waals surface area contributed by atoms with Crippen LogP contribution in [0.15, 0.2) is 0 Å². The molecule has 61 heavy (non-hydrogen) atoms. The van der Waals surface area contributed by atoms with Gasteiger partial charge in [-0.3, -0.25) is 9.59 Å². The average molecular weight is 865 g/mol. The van der Waals surface area contributed by atoms with E-state index in [1.807, 2.05) is 0 Å². The van der Waals surface area contributed by atoms with Crippen molar-refractivity contribution in [3.8, 4) is 0 Å². The van der Waals surface area contributed by atoms with Gasteiger partial charge in [0.05, 0.1) is 32.7 Å². The number of aliphatic hydroxyl groups is 1. The van der Waals surface area contributed by atoms with Crippen molar-refractivity contribution < 1.29 is 33.7 Å². The van der Waals surface area contributed by atoms with Crippen molar-refractivity contribution in [2.45, 2.75) is 291 Å². The predicted octanol–water partition coefficient (Wildman–Crippen LogP) is 16.1. The highest BCUT2D eigenvalue weighted by atomic mass is 16.6. The fraction of sp³-hybridized carbons (Fsp3) is 0.944. The Morgan fingerprint density at radius 2 is 0.525 bits per heavy atom. The summed E-state index contributed by atoms with van der Waals surface area (Å²) >= 11 is 0. The lowest BCUT2D eigenvalue weighted by atomic mass is 9.95. The number of hydrogen-bond donors (Lipinski definition) is 1. The molecule has 1 N–H and O–H groups in total. The largest absolute Gasteiger partial charge is 0.466 e. The normalized spacial score (nSPS) is 11.9. The molecular formula is C54H104O7. The summed E-state index contributed by atoms with van der Waals surface area (Å²) in [4.78, 5) is 38.9. The van der Waals surface area contributed by atoms with Crippen LogP contribution in [0.5, 0.6) is 0 Å². The number of ether oxygens (including phenoxy) is 3. The minimum Gasteiger partial charge on any atom is -0.466 e. The summed E-state index contributed by atoms with van der Waals surface area (Å²) in [5.41, 5.74) is -2.30. The van der Waals surface area contributed by atoms with Crippen molar-refractivity contribution in [1.82, 2.24) is 0 Å². The van der Waals surface area contributed by atoms with Gasteiger partial charge in [0.25, 0.3) is 0 Å². The Kier molecular flexibility index (Phi) is 42.4. The number of carbonyl (C=O) groups excluding carboxylic acids is 3. The molecule has 7 nitrogen and oxygen atoms in total. The van der Waals surface area contributed by atoms with E-state index in [-0.39, 0.29) is 19.8 Å². The molecule has 0 aliphatic heterocycles. The van der Waals surface area contributed by atoms with Crippen LogP contribution in [0.2, 0.25) is 0 Å². The van der Waals surface area contributed by atoms with E-state index in [0.717, 1.165) is 69.1 Å². The summed E-state index contributed by atoms with van der Waals surface area (Å²) in [5.74, 6) is 0.106. The lowest BCUT2D eigenvalue weighted by Crippen LogP contribution is -2.45. The first-order valence-electron chi connectivity index (χ1n) is 26.7. The molecule has 0 rings (SSSR count). The van der Waals surface area contributed by atoms with Crippen LogP contribution >= 0.6 is 0 Å². The van der Waals surface area contributed by atoms with Crippen LogP contribution in [-0.2, 0) is 28.6 Å². The molecule has 0 aliphatic carbocycles. The molecule has 0 aromatic rings. The van der Waals surface area contributed by atoms with Gasteiger partial charge in [0.1, 0.15) is 0 Å². The Hall–Kier alpha value is -1.63. The summed E-state index contributed by atoms with van der Waals surface area (Å²) in [7, 11) is 0. The molecule has 0 bridgehead atoms. The molecule has 0 amide bonds. The lowest BCUT2D eigenvalue weighted by Gasteiger charge is -2.24. The van der Waals surface area contributed by atoms with Gasteiger partial charge < -0.3 is 19.3 Å². The van der Waals surface area contributed by atoms with Gasteiger partial charge in [-0.1, -0.05) is 253 Å². The van der Waals surface area contributed by atoms with Crippen LogP contribution in [0.1, 0.15) is 286 Å². The molecule has 362 valence electrons. The van der Waals surface area contributed by atoms with Gasteiger partial charge in [0, 0.05) is 0 Å². The second kappa shape index (κ2) is 43.6. The number of rotatable bonds is 47. The molecule has 0 unspecified atom stereocenters. The maximum absolute atomic E-state index is 13.2. The Morgan fingerprint density at radius 1 is 0.328 bits per heavy atom. The molecule has 0 aromatic heterocycles. The molecule has 0 heterocycles. The quantitative estimate of drug-likeness (QED) is 0.0369. The van der Waals surface area contributed by atoms with Crippen molar-refractivity contribution >= 4 is 17.9 Å². The summed E-state index contributed by atoms with van der Waals surface area (Å²) < 4.78 is 16.3. The molecule has 0 saturated carbocycles. The number of carbonyl (C=O) groups is 3. The van der Waals surface area contributed by atoms with E-state index in [1.54, 1.807) is 0 Å². The maximum Gasteiger partial charge on any atom is 0.339 e. The Morgan fingerprint density at radius 3 is 0.754 bits per heavy atom. The standard InChI is InChI=1S/C54H104O7/c1-48(2)40-34-28-22-16-10-7-13-19-25-31-37-43-59-51(55)46-54(58,53(57)61-45-39-33-27-21-15-9-12-18-24-30-36-42-50(5)6)47-52(56)60-44-38-32-26-20-14-8-11-17-23-29-35-41-49(3)4/h48-50,58H,7-47H2,1-6H3. The molecule has 0 spiro atoms. The third-order valence-corrected chi connectivity index (χ3v) is 12.3. The van der Waals surface area contributed by atoms with Gasteiger partial charge in [-0.25, -0.2) is 4.79 Å². The SMILES string of the molecule is CC(C)CCCCCCCCCCCCCOC(=O)CC(O)(CC(=O)OCCCCCCCCCCCCCC(C)C)C(=O)OCCCCCCCCCCCCCC(C)C. The van der Waals surface area contributed by atoms with E-state index >= 15 is 0 Å². The van der Waals surface area contributed by atoms with Gasteiger partial charge in [-0.05, 0) is 37.0 Å². The van der Waals surface area contributed by atoms with Crippen molar-refractivity contribution in [2.75, 3.05) is 19.8 Å². The van der Waals surface area contributed by atoms with E-state index in [2.05, 4.69) is 41.5 Å². The molecule has 0 radical (unpaired) electrons. The van der Waals surface area contributed by atoms with Gasteiger partial charge in [0.2, 0.25) is 0 Å². The zero-order valence-corrected chi connectivity index (χ0v) is 41.6. The molecule has 7 heteroatoms. The fourth-order valence-electron chi connectivity index (χ4n) is 8.19. The van der Waals surface area contributed by atoms with Crippen LogP contribution in [0.25, 0.3) is 0 Å². The van der Waals surface area contributed by atoms with Crippen LogP contribution in [0.4, 0.5) is 0 Å². The third-order valence-electron chi connectivity index (χ3n) is 12.3. The average Bonchev–Trinajstić information content (AvgIpc) is 3.20. The highest BCUT2D eigenvalue weighted by Gasteiger charge is 2.43. The van der Waals surface area contributed by atoms with Gasteiger partial charge in [-0.15, -0.1) is 0 Å². The first-order valence-corrected chi connectivity index (χ1v) is 26.7. The lowest BCUT2D eigenvalue weighted by molar-refractivity contribution is -0.178. The van der Waals surface area contributed by atoms with Crippen LogP contribution in [0.3, 0.4) is 0 Å². The van der Waals surface area contributed by atoms with Gasteiger partial charge in [0.15, 0.2) is 5.60 Å². The van der Waals surface area contributed by atoms with E-state index in [9.17, 15) is 19.5 Å². The van der Waals surface area contributed by atoms with Crippen molar-refractivity contribution in [2.24, 2.45) is 17.8 Å². The minimum atomic E-state index is -2.30. The predicted molar refractivity (Wildman–Crippen MR) is 258 cm³/mol. The van der Waals surface area contributed by atoms with Crippen LogP contribution in [-0.4, -0.2) is 48.4 Å². The topological polar surface area (TPSA) is 99.1 Å². The smallest absolute Gasteiger partial charge is 0.339 e. The summed E-state index contributed by atoms with van der Waals surface area (Å²) in [6.45, 7) is 14.4. The highest BCUT2D eigenvalue weighted by molar-refractivity contribution is 5.90. The zero-order chi connectivity index (χ0) is 45.1. The molecule has 0 fully saturated rings. The van der Waals surface area contributed by atoms with E-state index in [1.165, 1.54) is 173 Å². The van der Waals surface area contributed by atoms with Crippen molar-refractivity contribution in [1.29, 1.82) is 0 Å².